The van der Waals surface area contributed by atoms with Gasteiger partial charge in [0.2, 0.25) is 0 Å². The Bertz CT molecular complexity index is 1140. The van der Waals surface area contributed by atoms with Gasteiger partial charge in [0.15, 0.2) is 0 Å². The maximum Gasteiger partial charge on any atom is 0.315 e. The molecule has 0 bridgehead atoms. The number of aliphatic carboxylic acids is 1. The van der Waals surface area contributed by atoms with Crippen LogP contribution < -0.4 is 10.6 Å². The topological polar surface area (TPSA) is 102 Å². The minimum Gasteiger partial charge on any atom is -0.481 e. The number of fused-ring (bicyclic) bond motifs is 1. The molecule has 2 atom stereocenters. The summed E-state index contributed by atoms with van der Waals surface area (Å²) < 4.78 is 0. The molecule has 0 aliphatic carbocycles. The van der Waals surface area contributed by atoms with Gasteiger partial charge in [0.05, 0.1) is 6.04 Å². The van der Waals surface area contributed by atoms with Crippen LogP contribution in [0.5, 0.6) is 0 Å². The van der Waals surface area contributed by atoms with Crippen LogP contribution in [0.2, 0.25) is 0 Å². The molecule has 0 spiro atoms. The second-order valence-electron chi connectivity index (χ2n) is 10.0. The lowest BCUT2D eigenvalue weighted by Gasteiger charge is -2.24. The Morgan fingerprint density at radius 3 is 2.43 bits per heavy atom. The average molecular weight is 505 g/mol. The summed E-state index contributed by atoms with van der Waals surface area (Å²) in [7, 11) is 0. The van der Waals surface area contributed by atoms with Crippen molar-refractivity contribution < 1.29 is 19.5 Å². The predicted octanol–water partition coefficient (Wildman–Crippen LogP) is 3.87. The highest BCUT2D eigenvalue weighted by molar-refractivity contribution is 5.98. The Morgan fingerprint density at radius 1 is 1.03 bits per heavy atom. The number of likely N-dealkylation sites (tertiary alicyclic amines) is 1. The van der Waals surface area contributed by atoms with Gasteiger partial charge < -0.3 is 20.6 Å². The highest BCUT2D eigenvalue weighted by Crippen LogP contribution is 2.32. The number of urea groups is 1. The summed E-state index contributed by atoms with van der Waals surface area (Å²) in [6.45, 7) is 7.53. The number of carboxylic acid groups (broad SMARTS) is 1. The summed E-state index contributed by atoms with van der Waals surface area (Å²) >= 11 is 0. The second kappa shape index (κ2) is 12.1. The van der Waals surface area contributed by atoms with Crippen molar-refractivity contribution in [3.8, 4) is 0 Å². The predicted molar refractivity (Wildman–Crippen MR) is 142 cm³/mol. The Balaban J connectivity index is 1.32. The van der Waals surface area contributed by atoms with E-state index in [1.165, 1.54) is 5.57 Å². The van der Waals surface area contributed by atoms with Crippen molar-refractivity contribution in [2.45, 2.75) is 39.2 Å². The van der Waals surface area contributed by atoms with Crippen LogP contribution in [0.1, 0.15) is 52.4 Å². The van der Waals surface area contributed by atoms with E-state index in [9.17, 15) is 14.4 Å². The molecule has 0 radical (unpaired) electrons. The number of hydrogen-bond acceptors (Lipinski definition) is 4. The molecule has 37 heavy (non-hydrogen) atoms. The number of carbonyl (C=O) groups excluding carboxylic acids is 2. The minimum absolute atomic E-state index is 0.0297. The van der Waals surface area contributed by atoms with Crippen LogP contribution in [0.3, 0.4) is 0 Å². The molecule has 1 saturated heterocycles. The molecule has 1 fully saturated rings. The van der Waals surface area contributed by atoms with Crippen LogP contribution in [0.4, 0.5) is 4.79 Å². The lowest BCUT2D eigenvalue weighted by Crippen LogP contribution is -2.39. The molecule has 3 amide bonds. The number of carboxylic acids is 1. The number of hydrogen-bond donors (Lipinski definition) is 3. The zero-order valence-electron chi connectivity index (χ0n) is 21.6. The van der Waals surface area contributed by atoms with Gasteiger partial charge in [-0.15, -0.1) is 0 Å². The molecule has 4 rings (SSSR count). The van der Waals surface area contributed by atoms with Crippen molar-refractivity contribution in [1.29, 1.82) is 0 Å². The third-order valence-electron chi connectivity index (χ3n) is 7.20. The van der Waals surface area contributed by atoms with Crippen LogP contribution in [0, 0.1) is 19.8 Å². The number of rotatable bonds is 10. The van der Waals surface area contributed by atoms with E-state index in [1.54, 1.807) is 0 Å². The van der Waals surface area contributed by atoms with Gasteiger partial charge in [-0.25, -0.2) is 4.79 Å². The average Bonchev–Trinajstić information content (AvgIpc) is 3.44. The molecule has 0 saturated carbocycles. The van der Waals surface area contributed by atoms with E-state index in [-0.39, 0.29) is 24.4 Å². The van der Waals surface area contributed by atoms with E-state index in [4.69, 9.17) is 5.11 Å². The number of aryl methyl sites for hydroxylation is 2. The summed E-state index contributed by atoms with van der Waals surface area (Å²) in [6, 6.07) is 15.4. The first kappa shape index (κ1) is 26.4. The molecular formula is C29H36N4O4. The third kappa shape index (κ3) is 6.77. The van der Waals surface area contributed by atoms with Crippen molar-refractivity contribution in [3.05, 3.63) is 82.6 Å². The quantitative estimate of drug-likeness (QED) is 0.427. The summed E-state index contributed by atoms with van der Waals surface area (Å²) in [5.74, 6) is -0.451. The standard InChI is InChI=1S/C29H36N4O4/c1-20-8-6-9-21(2)27(20)28(36)33-18-23-16-32(17-24(23)19-33)15-13-25(22-10-4-3-5-11-22)31-29(37)30-14-7-12-26(34)35/h3-6,8-11,18,24-25H,7,12-17,19H2,1-2H3,(H,34,35)(H2,30,31,37)/t24?,25-/m0/s1. The minimum atomic E-state index is -0.868. The van der Waals surface area contributed by atoms with E-state index < -0.39 is 5.97 Å². The van der Waals surface area contributed by atoms with Gasteiger partial charge in [-0.2, -0.15) is 0 Å². The normalized spacial score (nSPS) is 17.7. The van der Waals surface area contributed by atoms with Gasteiger partial charge >= 0.3 is 12.0 Å². The van der Waals surface area contributed by atoms with Crippen LogP contribution >= 0.6 is 0 Å². The van der Waals surface area contributed by atoms with Crippen molar-refractivity contribution in [3.63, 3.8) is 0 Å². The Morgan fingerprint density at radius 2 is 1.76 bits per heavy atom. The summed E-state index contributed by atoms with van der Waals surface area (Å²) in [5, 5.41) is 14.6. The fourth-order valence-corrected chi connectivity index (χ4v) is 5.27. The molecule has 8 heteroatoms. The summed E-state index contributed by atoms with van der Waals surface area (Å²) in [6.07, 6.45) is 3.21. The zero-order chi connectivity index (χ0) is 26.4. The Kier molecular flexibility index (Phi) is 8.61. The molecule has 2 aromatic carbocycles. The van der Waals surface area contributed by atoms with Crippen molar-refractivity contribution in [2.24, 2.45) is 5.92 Å². The molecule has 0 aromatic heterocycles. The number of carbonyl (C=O) groups is 3. The van der Waals surface area contributed by atoms with Crippen molar-refractivity contribution >= 4 is 17.9 Å². The van der Waals surface area contributed by atoms with Gasteiger partial charge in [-0.05, 0) is 49.0 Å². The molecule has 8 nitrogen and oxygen atoms in total. The maximum atomic E-state index is 13.2. The monoisotopic (exact) mass is 504 g/mol. The van der Waals surface area contributed by atoms with Crippen LogP contribution in [0.25, 0.3) is 0 Å². The highest BCUT2D eigenvalue weighted by atomic mass is 16.4. The number of nitrogens with one attached hydrogen (secondary N) is 2. The smallest absolute Gasteiger partial charge is 0.315 e. The zero-order valence-corrected chi connectivity index (χ0v) is 21.6. The summed E-state index contributed by atoms with van der Waals surface area (Å²) in [5.41, 5.74) is 5.14. The van der Waals surface area contributed by atoms with E-state index in [2.05, 4.69) is 15.5 Å². The van der Waals surface area contributed by atoms with Gasteiger partial charge in [0.25, 0.3) is 5.91 Å². The van der Waals surface area contributed by atoms with Crippen molar-refractivity contribution in [1.82, 2.24) is 20.4 Å². The molecule has 3 N–H and O–H groups in total. The SMILES string of the molecule is Cc1cccc(C)c1C(=O)N1C=C2CN(CC[C@H](NC(=O)NCCCC(=O)O)c3ccccc3)CC2C1. The van der Waals surface area contributed by atoms with E-state index in [0.29, 0.717) is 25.4 Å². The van der Waals surface area contributed by atoms with Gasteiger partial charge in [0.1, 0.15) is 0 Å². The number of benzene rings is 2. The number of nitrogens with zero attached hydrogens (tertiary/aromatic N) is 2. The number of amides is 3. The lowest BCUT2D eigenvalue weighted by molar-refractivity contribution is -0.137. The first-order valence-corrected chi connectivity index (χ1v) is 12.9. The largest absolute Gasteiger partial charge is 0.481 e. The first-order valence-electron chi connectivity index (χ1n) is 12.9. The first-order chi connectivity index (χ1) is 17.8. The van der Waals surface area contributed by atoms with Gasteiger partial charge in [0, 0.05) is 56.8 Å². The maximum absolute atomic E-state index is 13.2. The van der Waals surface area contributed by atoms with Gasteiger partial charge in [-0.3, -0.25) is 14.5 Å². The molecular weight excluding hydrogens is 468 g/mol. The fourth-order valence-electron chi connectivity index (χ4n) is 5.27. The highest BCUT2D eigenvalue weighted by Gasteiger charge is 2.36. The lowest BCUT2D eigenvalue weighted by atomic mass is 10.0. The van der Waals surface area contributed by atoms with E-state index >= 15 is 0 Å². The molecule has 2 aromatic rings. The fraction of sp³-hybridized carbons (Fsp3) is 0.414. The van der Waals surface area contributed by atoms with Crippen LogP contribution in [0.15, 0.2) is 60.3 Å². The molecule has 2 aliphatic heterocycles. The molecule has 196 valence electrons. The van der Waals surface area contributed by atoms with E-state index in [0.717, 1.165) is 48.3 Å². The second-order valence-corrected chi connectivity index (χ2v) is 10.0. The molecule has 2 heterocycles. The van der Waals surface area contributed by atoms with Crippen LogP contribution in [-0.4, -0.2) is 65.5 Å². The van der Waals surface area contributed by atoms with Crippen LogP contribution in [-0.2, 0) is 4.79 Å². The summed E-state index contributed by atoms with van der Waals surface area (Å²) in [4.78, 5) is 40.6. The van der Waals surface area contributed by atoms with Gasteiger partial charge in [-0.1, -0.05) is 48.5 Å². The third-order valence-corrected chi connectivity index (χ3v) is 7.20. The Hall–Kier alpha value is -3.65. The van der Waals surface area contributed by atoms with Crippen molar-refractivity contribution in [2.75, 3.05) is 32.7 Å². The van der Waals surface area contributed by atoms with E-state index in [1.807, 2.05) is 73.5 Å². The molecule has 1 unspecified atom stereocenters. The Labute approximate surface area is 218 Å². The molecule has 2 aliphatic rings.